The molecule has 0 N–H and O–H groups in total. The maximum absolute atomic E-state index is 11.1. The van der Waals surface area contributed by atoms with Gasteiger partial charge in [0.15, 0.2) is 5.03 Å². The van der Waals surface area contributed by atoms with Crippen molar-refractivity contribution in [1.29, 1.82) is 0 Å². The van der Waals surface area contributed by atoms with Crippen molar-refractivity contribution in [2.45, 2.75) is 5.03 Å². The predicted molar refractivity (Wildman–Crippen MR) is 63.8 cm³/mol. The summed E-state index contributed by atoms with van der Waals surface area (Å²) in [6.45, 7) is 0. The third-order valence-corrected chi connectivity index (χ3v) is 3.11. The number of benzene rings is 1. The summed E-state index contributed by atoms with van der Waals surface area (Å²) in [5, 5.41) is -0.229. The van der Waals surface area contributed by atoms with Crippen LogP contribution < -0.4 is 4.74 Å². The molecule has 0 unspecified atom stereocenters. The van der Waals surface area contributed by atoms with Crippen LogP contribution in [0.1, 0.15) is 0 Å². The van der Waals surface area contributed by atoms with Gasteiger partial charge < -0.3 is 4.74 Å². The van der Waals surface area contributed by atoms with Crippen LogP contribution in [0.15, 0.2) is 53.6 Å². The summed E-state index contributed by atoms with van der Waals surface area (Å²) >= 11 is 0. The first-order valence-corrected chi connectivity index (χ1v) is 7.01. The standard InChI is InChI=1S/C11H8ClNO3S/c12-17(14,15)11-8-4-7-10(13-11)16-9-5-2-1-3-6-9/h1-8H. The fourth-order valence-electron chi connectivity index (χ4n) is 1.20. The Morgan fingerprint density at radius 1 is 1.00 bits per heavy atom. The van der Waals surface area contributed by atoms with Gasteiger partial charge in [-0.2, -0.15) is 0 Å². The summed E-state index contributed by atoms with van der Waals surface area (Å²) in [6.07, 6.45) is 0. The van der Waals surface area contributed by atoms with E-state index in [9.17, 15) is 8.42 Å². The minimum atomic E-state index is -3.84. The molecule has 0 aliphatic carbocycles. The Hall–Kier alpha value is -1.59. The summed E-state index contributed by atoms with van der Waals surface area (Å²) in [6, 6.07) is 13.3. The zero-order chi connectivity index (χ0) is 12.3. The lowest BCUT2D eigenvalue weighted by molar-refractivity contribution is 0.457. The van der Waals surface area contributed by atoms with E-state index in [2.05, 4.69) is 4.98 Å². The van der Waals surface area contributed by atoms with Crippen LogP contribution >= 0.6 is 10.7 Å². The molecule has 1 heterocycles. The molecule has 0 saturated heterocycles. The van der Waals surface area contributed by atoms with E-state index in [4.69, 9.17) is 15.4 Å². The molecule has 0 fully saturated rings. The molecule has 0 radical (unpaired) electrons. The van der Waals surface area contributed by atoms with E-state index in [0.717, 1.165) is 0 Å². The van der Waals surface area contributed by atoms with Crippen molar-refractivity contribution in [1.82, 2.24) is 4.98 Å². The van der Waals surface area contributed by atoms with Crippen molar-refractivity contribution >= 4 is 19.7 Å². The molecule has 0 amide bonds. The molecule has 2 rings (SSSR count). The van der Waals surface area contributed by atoms with Gasteiger partial charge in [-0.1, -0.05) is 24.3 Å². The zero-order valence-electron chi connectivity index (χ0n) is 8.58. The molecule has 2 aromatic rings. The first kappa shape index (κ1) is 11.9. The first-order chi connectivity index (χ1) is 8.05. The molecule has 0 aliphatic rings. The van der Waals surface area contributed by atoms with Gasteiger partial charge in [0.05, 0.1) is 0 Å². The van der Waals surface area contributed by atoms with Crippen LogP contribution in [0.4, 0.5) is 0 Å². The SMILES string of the molecule is O=S(=O)(Cl)c1cccc(Oc2ccccc2)n1. The third-order valence-electron chi connectivity index (χ3n) is 1.91. The minimum Gasteiger partial charge on any atom is -0.439 e. The highest BCUT2D eigenvalue weighted by molar-refractivity contribution is 8.13. The number of aromatic nitrogens is 1. The predicted octanol–water partition coefficient (Wildman–Crippen LogP) is 2.80. The summed E-state index contributed by atoms with van der Waals surface area (Å²) in [5.74, 6) is 0.752. The Balaban J connectivity index is 2.29. The Morgan fingerprint density at radius 2 is 1.71 bits per heavy atom. The highest BCUT2D eigenvalue weighted by Gasteiger charge is 2.12. The molecule has 0 atom stereocenters. The normalized spacial score (nSPS) is 11.1. The van der Waals surface area contributed by atoms with Crippen LogP contribution in [0, 0.1) is 0 Å². The fraction of sp³-hybridized carbons (Fsp3) is 0. The number of hydrogen-bond donors (Lipinski definition) is 0. The van der Waals surface area contributed by atoms with E-state index in [-0.39, 0.29) is 10.9 Å². The fourth-order valence-corrected chi connectivity index (χ4v) is 1.90. The second-order valence-electron chi connectivity index (χ2n) is 3.17. The molecule has 88 valence electrons. The molecule has 4 nitrogen and oxygen atoms in total. The van der Waals surface area contributed by atoms with E-state index >= 15 is 0 Å². The van der Waals surface area contributed by atoms with Crippen LogP contribution in [0.5, 0.6) is 11.6 Å². The summed E-state index contributed by atoms with van der Waals surface area (Å²) in [5.41, 5.74) is 0. The Labute approximate surface area is 103 Å². The van der Waals surface area contributed by atoms with Gasteiger partial charge in [-0.15, -0.1) is 0 Å². The van der Waals surface area contributed by atoms with Crippen molar-refractivity contribution in [2.75, 3.05) is 0 Å². The second kappa shape index (κ2) is 4.73. The molecular weight excluding hydrogens is 262 g/mol. The number of rotatable bonds is 3. The Bertz CT molecular complexity index is 614. The molecule has 0 bridgehead atoms. The average Bonchev–Trinajstić information content (AvgIpc) is 2.29. The van der Waals surface area contributed by atoms with Gasteiger partial charge >= 0.3 is 0 Å². The van der Waals surface area contributed by atoms with Crippen LogP contribution in [-0.2, 0) is 9.05 Å². The molecule has 6 heteroatoms. The average molecular weight is 270 g/mol. The molecular formula is C11H8ClNO3S. The van der Waals surface area contributed by atoms with Gasteiger partial charge in [0.2, 0.25) is 5.88 Å². The van der Waals surface area contributed by atoms with Gasteiger partial charge in [-0.05, 0) is 18.2 Å². The van der Waals surface area contributed by atoms with E-state index in [1.165, 1.54) is 12.1 Å². The monoisotopic (exact) mass is 269 g/mol. The summed E-state index contributed by atoms with van der Waals surface area (Å²) in [4.78, 5) is 3.80. The van der Waals surface area contributed by atoms with Crippen LogP contribution in [0.25, 0.3) is 0 Å². The maximum atomic E-state index is 11.1. The molecule has 0 spiro atoms. The van der Waals surface area contributed by atoms with Crippen molar-refractivity contribution in [3.63, 3.8) is 0 Å². The highest BCUT2D eigenvalue weighted by atomic mass is 35.7. The Morgan fingerprint density at radius 3 is 2.35 bits per heavy atom. The van der Waals surface area contributed by atoms with E-state index < -0.39 is 9.05 Å². The number of hydrogen-bond acceptors (Lipinski definition) is 4. The molecule has 0 saturated carbocycles. The maximum Gasteiger partial charge on any atom is 0.278 e. The highest BCUT2D eigenvalue weighted by Crippen LogP contribution is 2.21. The van der Waals surface area contributed by atoms with E-state index in [0.29, 0.717) is 5.75 Å². The molecule has 17 heavy (non-hydrogen) atoms. The van der Waals surface area contributed by atoms with Gasteiger partial charge in [0.25, 0.3) is 9.05 Å². The summed E-state index contributed by atoms with van der Waals surface area (Å²) in [7, 11) is 1.35. The summed E-state index contributed by atoms with van der Waals surface area (Å²) < 4.78 is 27.5. The number of halogens is 1. The van der Waals surface area contributed by atoms with Crippen LogP contribution in [0.2, 0.25) is 0 Å². The van der Waals surface area contributed by atoms with Crippen LogP contribution in [-0.4, -0.2) is 13.4 Å². The topological polar surface area (TPSA) is 56.3 Å². The van der Waals surface area contributed by atoms with Gasteiger partial charge in [-0.3, -0.25) is 0 Å². The smallest absolute Gasteiger partial charge is 0.278 e. The van der Waals surface area contributed by atoms with Crippen molar-refractivity contribution in [3.8, 4) is 11.6 Å². The lowest BCUT2D eigenvalue weighted by Gasteiger charge is -2.04. The quantitative estimate of drug-likeness (QED) is 0.804. The van der Waals surface area contributed by atoms with E-state index in [1.54, 1.807) is 30.3 Å². The number of ether oxygens (including phenoxy) is 1. The second-order valence-corrected chi connectivity index (χ2v) is 5.68. The van der Waals surface area contributed by atoms with Crippen molar-refractivity contribution in [2.24, 2.45) is 0 Å². The number of pyridine rings is 1. The van der Waals surface area contributed by atoms with Crippen molar-refractivity contribution < 1.29 is 13.2 Å². The van der Waals surface area contributed by atoms with Crippen LogP contribution in [0.3, 0.4) is 0 Å². The third kappa shape index (κ3) is 3.18. The molecule has 0 aliphatic heterocycles. The number of para-hydroxylation sites is 1. The van der Waals surface area contributed by atoms with Gasteiger partial charge in [-0.25, -0.2) is 13.4 Å². The van der Waals surface area contributed by atoms with E-state index in [1.807, 2.05) is 6.07 Å². The molecule has 1 aromatic carbocycles. The Kier molecular flexibility index (Phi) is 3.31. The van der Waals surface area contributed by atoms with Gasteiger partial charge in [0, 0.05) is 16.7 Å². The lowest BCUT2D eigenvalue weighted by Crippen LogP contribution is -1.96. The largest absolute Gasteiger partial charge is 0.439 e. The number of nitrogens with zero attached hydrogens (tertiary/aromatic N) is 1. The van der Waals surface area contributed by atoms with Crippen molar-refractivity contribution in [3.05, 3.63) is 48.5 Å². The minimum absolute atomic E-state index is 0.179. The lowest BCUT2D eigenvalue weighted by atomic mass is 10.3. The first-order valence-electron chi connectivity index (χ1n) is 4.70. The van der Waals surface area contributed by atoms with Gasteiger partial charge in [0.1, 0.15) is 5.75 Å². The zero-order valence-corrected chi connectivity index (χ0v) is 10.1. The molecule has 1 aromatic heterocycles.